The van der Waals surface area contributed by atoms with Crippen molar-refractivity contribution in [3.63, 3.8) is 0 Å². The van der Waals surface area contributed by atoms with Crippen molar-refractivity contribution < 1.29 is 0 Å². The standard InChI is InChI=1S/C21H31N5.HI/c1-16-7-6-8-19(11-16)21(2,3)15-23-20(22-4)26-10-9-17(14-26)18-12-24-25(5)13-18;/h6-8,11-13,17H,9-10,14-15H2,1-5H3,(H,22,23);1H. The molecule has 1 saturated heterocycles. The molecule has 1 atom stereocenters. The Labute approximate surface area is 180 Å². The van der Waals surface area contributed by atoms with Gasteiger partial charge in [0.1, 0.15) is 0 Å². The number of benzene rings is 1. The number of hydrogen-bond acceptors (Lipinski definition) is 2. The first kappa shape index (κ1) is 21.7. The van der Waals surface area contributed by atoms with Crippen molar-refractivity contribution in [1.82, 2.24) is 20.0 Å². The van der Waals surface area contributed by atoms with Crippen LogP contribution in [0.3, 0.4) is 0 Å². The van der Waals surface area contributed by atoms with Gasteiger partial charge in [-0.3, -0.25) is 9.67 Å². The molecule has 0 radical (unpaired) electrons. The number of aryl methyl sites for hydroxylation is 2. The van der Waals surface area contributed by atoms with Gasteiger partial charge in [-0.25, -0.2) is 0 Å². The minimum Gasteiger partial charge on any atom is -0.355 e. The summed E-state index contributed by atoms with van der Waals surface area (Å²) in [5.74, 6) is 1.53. The van der Waals surface area contributed by atoms with Crippen molar-refractivity contribution in [1.29, 1.82) is 0 Å². The molecule has 3 rings (SSSR count). The van der Waals surface area contributed by atoms with Gasteiger partial charge in [0.05, 0.1) is 6.20 Å². The molecule has 1 N–H and O–H groups in total. The quantitative estimate of drug-likeness (QED) is 0.412. The third-order valence-corrected chi connectivity index (χ3v) is 5.38. The van der Waals surface area contributed by atoms with Crippen molar-refractivity contribution in [3.8, 4) is 0 Å². The number of likely N-dealkylation sites (tertiary alicyclic amines) is 1. The van der Waals surface area contributed by atoms with Crippen molar-refractivity contribution >= 4 is 29.9 Å². The summed E-state index contributed by atoms with van der Waals surface area (Å²) < 4.78 is 1.88. The Morgan fingerprint density at radius 3 is 2.78 bits per heavy atom. The third kappa shape index (κ3) is 5.24. The third-order valence-electron chi connectivity index (χ3n) is 5.38. The van der Waals surface area contributed by atoms with E-state index in [1.54, 1.807) is 0 Å². The zero-order chi connectivity index (χ0) is 18.7. The molecule has 1 fully saturated rings. The van der Waals surface area contributed by atoms with E-state index in [4.69, 9.17) is 0 Å². The summed E-state index contributed by atoms with van der Waals surface area (Å²) in [5, 5.41) is 7.91. The summed E-state index contributed by atoms with van der Waals surface area (Å²) in [5.41, 5.74) is 4.03. The highest BCUT2D eigenvalue weighted by atomic mass is 127. The molecular formula is C21H32IN5. The minimum atomic E-state index is 0. The van der Waals surface area contributed by atoms with Gasteiger partial charge in [-0.1, -0.05) is 43.7 Å². The van der Waals surface area contributed by atoms with Crippen LogP contribution in [-0.4, -0.2) is 47.3 Å². The van der Waals surface area contributed by atoms with Crippen molar-refractivity contribution in [3.05, 3.63) is 53.3 Å². The average Bonchev–Trinajstić information content (AvgIpc) is 3.24. The molecule has 27 heavy (non-hydrogen) atoms. The van der Waals surface area contributed by atoms with E-state index in [-0.39, 0.29) is 29.4 Å². The Morgan fingerprint density at radius 1 is 1.37 bits per heavy atom. The molecule has 1 unspecified atom stereocenters. The lowest BCUT2D eigenvalue weighted by Gasteiger charge is -2.29. The van der Waals surface area contributed by atoms with Crippen molar-refractivity contribution in [2.45, 2.75) is 38.5 Å². The lowest BCUT2D eigenvalue weighted by Crippen LogP contribution is -2.45. The van der Waals surface area contributed by atoms with Crippen LogP contribution in [-0.2, 0) is 12.5 Å². The molecule has 0 spiro atoms. The lowest BCUT2D eigenvalue weighted by molar-refractivity contribution is 0.454. The second-order valence-corrected chi connectivity index (χ2v) is 8.03. The highest BCUT2D eigenvalue weighted by Gasteiger charge is 2.28. The largest absolute Gasteiger partial charge is 0.355 e. The van der Waals surface area contributed by atoms with Gasteiger partial charge in [-0.2, -0.15) is 5.10 Å². The molecule has 1 aromatic heterocycles. The van der Waals surface area contributed by atoms with E-state index < -0.39 is 0 Å². The molecule has 1 aliphatic heterocycles. The fourth-order valence-electron chi connectivity index (χ4n) is 3.68. The predicted molar refractivity (Wildman–Crippen MR) is 123 cm³/mol. The van der Waals surface area contributed by atoms with Gasteiger partial charge in [-0.15, -0.1) is 24.0 Å². The van der Waals surface area contributed by atoms with Gasteiger partial charge in [0.25, 0.3) is 0 Å². The molecule has 2 heterocycles. The highest BCUT2D eigenvalue weighted by molar-refractivity contribution is 14.0. The molecule has 1 aliphatic rings. The Kier molecular flexibility index (Phi) is 7.31. The SMILES string of the molecule is CN=C(NCC(C)(C)c1cccc(C)c1)N1CCC(c2cnn(C)c2)C1.I. The van der Waals surface area contributed by atoms with Crippen LogP contribution in [0.15, 0.2) is 41.7 Å². The molecule has 0 bridgehead atoms. The van der Waals surface area contributed by atoms with Gasteiger partial charge >= 0.3 is 0 Å². The average molecular weight is 481 g/mol. The summed E-state index contributed by atoms with van der Waals surface area (Å²) in [6, 6.07) is 8.78. The second-order valence-electron chi connectivity index (χ2n) is 8.03. The van der Waals surface area contributed by atoms with E-state index in [0.29, 0.717) is 5.92 Å². The number of halogens is 1. The Bertz CT molecular complexity index is 780. The van der Waals surface area contributed by atoms with E-state index in [1.165, 1.54) is 16.7 Å². The van der Waals surface area contributed by atoms with Gasteiger partial charge in [-0.05, 0) is 24.5 Å². The Hall–Kier alpha value is -1.57. The first-order chi connectivity index (χ1) is 12.4. The number of aliphatic imine (C=N–C) groups is 1. The molecule has 6 heteroatoms. The number of hydrogen-bond donors (Lipinski definition) is 1. The fourth-order valence-corrected chi connectivity index (χ4v) is 3.68. The number of rotatable bonds is 4. The predicted octanol–water partition coefficient (Wildman–Crippen LogP) is 3.69. The van der Waals surface area contributed by atoms with Crippen LogP contribution in [0.25, 0.3) is 0 Å². The van der Waals surface area contributed by atoms with E-state index in [0.717, 1.165) is 32.0 Å². The maximum Gasteiger partial charge on any atom is 0.193 e. The van der Waals surface area contributed by atoms with Crippen molar-refractivity contribution in [2.24, 2.45) is 12.0 Å². The van der Waals surface area contributed by atoms with Crippen LogP contribution in [0, 0.1) is 6.92 Å². The van der Waals surface area contributed by atoms with E-state index >= 15 is 0 Å². The normalized spacial score (nSPS) is 17.7. The van der Waals surface area contributed by atoms with Gasteiger partial charge in [0.15, 0.2) is 5.96 Å². The van der Waals surface area contributed by atoms with Crippen molar-refractivity contribution in [2.75, 3.05) is 26.7 Å². The van der Waals surface area contributed by atoms with Crippen LogP contribution >= 0.6 is 24.0 Å². The zero-order valence-corrected chi connectivity index (χ0v) is 19.4. The number of guanidine groups is 1. The fraction of sp³-hybridized carbons (Fsp3) is 0.524. The topological polar surface area (TPSA) is 45.5 Å². The maximum absolute atomic E-state index is 4.53. The molecule has 0 saturated carbocycles. The molecule has 0 aliphatic carbocycles. The maximum atomic E-state index is 4.53. The van der Waals surface area contributed by atoms with E-state index in [2.05, 4.69) is 71.5 Å². The monoisotopic (exact) mass is 481 g/mol. The first-order valence-electron chi connectivity index (χ1n) is 9.40. The van der Waals surface area contributed by atoms with Gasteiger partial charge in [0, 0.05) is 51.3 Å². The number of nitrogens with one attached hydrogen (secondary N) is 1. The smallest absolute Gasteiger partial charge is 0.193 e. The second kappa shape index (κ2) is 9.08. The summed E-state index contributed by atoms with van der Waals surface area (Å²) >= 11 is 0. The first-order valence-corrected chi connectivity index (χ1v) is 9.40. The van der Waals surface area contributed by atoms with Gasteiger partial charge in [0.2, 0.25) is 0 Å². The molecule has 1 aromatic carbocycles. The van der Waals surface area contributed by atoms with Crippen LogP contribution < -0.4 is 5.32 Å². The molecule has 2 aromatic rings. The van der Waals surface area contributed by atoms with Crippen LogP contribution in [0.2, 0.25) is 0 Å². The molecular weight excluding hydrogens is 449 g/mol. The Balaban J connectivity index is 0.00000261. The van der Waals surface area contributed by atoms with Crippen LogP contribution in [0.4, 0.5) is 0 Å². The number of nitrogens with zero attached hydrogens (tertiary/aromatic N) is 4. The van der Waals surface area contributed by atoms with Crippen LogP contribution in [0.5, 0.6) is 0 Å². The molecule has 0 amide bonds. The summed E-state index contributed by atoms with van der Waals surface area (Å²) in [4.78, 5) is 6.89. The minimum absolute atomic E-state index is 0. The molecule has 148 valence electrons. The van der Waals surface area contributed by atoms with Crippen LogP contribution in [0.1, 0.15) is 42.9 Å². The summed E-state index contributed by atoms with van der Waals surface area (Å²) in [6.07, 6.45) is 5.27. The zero-order valence-electron chi connectivity index (χ0n) is 17.1. The summed E-state index contributed by atoms with van der Waals surface area (Å²) in [7, 11) is 3.85. The number of aromatic nitrogens is 2. The Morgan fingerprint density at radius 2 is 2.15 bits per heavy atom. The molecule has 5 nitrogen and oxygen atoms in total. The highest BCUT2D eigenvalue weighted by Crippen LogP contribution is 2.27. The lowest BCUT2D eigenvalue weighted by atomic mass is 9.84. The van der Waals surface area contributed by atoms with Gasteiger partial charge < -0.3 is 10.2 Å². The van der Waals surface area contributed by atoms with E-state index in [9.17, 15) is 0 Å². The van der Waals surface area contributed by atoms with E-state index in [1.807, 2.05) is 25.0 Å². The summed E-state index contributed by atoms with van der Waals surface area (Å²) in [6.45, 7) is 9.60.